The van der Waals surface area contributed by atoms with Crippen LogP contribution in [0.4, 0.5) is 16.3 Å². The fourth-order valence-corrected chi connectivity index (χ4v) is 4.11. The Balaban J connectivity index is 1.40. The molecule has 30 heavy (non-hydrogen) atoms. The molecule has 2 amide bonds. The number of anilines is 2. The molecular formula is C21H28N6O3. The molecule has 2 aliphatic rings. The van der Waals surface area contributed by atoms with Crippen LogP contribution in [0.25, 0.3) is 0 Å². The Morgan fingerprint density at radius 3 is 2.97 bits per heavy atom. The first-order valence-electron chi connectivity index (χ1n) is 10.4. The maximum absolute atomic E-state index is 12.1. The zero-order chi connectivity index (χ0) is 21.3. The quantitative estimate of drug-likeness (QED) is 0.696. The lowest BCUT2D eigenvalue weighted by atomic mass is 10.00. The van der Waals surface area contributed by atoms with Gasteiger partial charge in [-0.3, -0.25) is 14.9 Å². The van der Waals surface area contributed by atoms with E-state index in [9.17, 15) is 9.59 Å². The van der Waals surface area contributed by atoms with E-state index >= 15 is 0 Å². The highest BCUT2D eigenvalue weighted by molar-refractivity contribution is 5.83. The van der Waals surface area contributed by atoms with E-state index in [1.807, 2.05) is 26.1 Å². The van der Waals surface area contributed by atoms with Crippen molar-refractivity contribution in [2.75, 3.05) is 12.4 Å². The second kappa shape index (κ2) is 8.33. The van der Waals surface area contributed by atoms with Gasteiger partial charge in [0.25, 0.3) is 0 Å². The van der Waals surface area contributed by atoms with Gasteiger partial charge in [0.15, 0.2) is 5.82 Å². The molecule has 0 unspecified atom stereocenters. The molecular weight excluding hydrogens is 384 g/mol. The Bertz CT molecular complexity index is 941. The summed E-state index contributed by atoms with van der Waals surface area (Å²) in [6, 6.07) is 2.04. The van der Waals surface area contributed by atoms with Crippen LogP contribution in [0, 0.1) is 0 Å². The van der Waals surface area contributed by atoms with E-state index in [0.29, 0.717) is 18.8 Å². The molecule has 1 saturated carbocycles. The molecule has 0 radical (unpaired) electrons. The molecule has 3 N–H and O–H groups in total. The van der Waals surface area contributed by atoms with Crippen molar-refractivity contribution >= 4 is 23.5 Å². The van der Waals surface area contributed by atoms with Crippen molar-refractivity contribution in [3.63, 3.8) is 0 Å². The number of H-pyrrole nitrogens is 1. The van der Waals surface area contributed by atoms with Gasteiger partial charge < -0.3 is 20.3 Å². The van der Waals surface area contributed by atoms with Crippen LogP contribution in [0.1, 0.15) is 55.8 Å². The summed E-state index contributed by atoms with van der Waals surface area (Å²) in [6.07, 6.45) is 6.01. The van der Waals surface area contributed by atoms with Gasteiger partial charge in [0, 0.05) is 43.5 Å². The summed E-state index contributed by atoms with van der Waals surface area (Å²) >= 11 is 0. The molecule has 160 valence electrons. The fraction of sp³-hybridized carbons (Fsp3) is 0.524. The number of rotatable bonds is 5. The Morgan fingerprint density at radius 2 is 2.17 bits per heavy atom. The number of pyridine rings is 1. The Labute approximate surface area is 175 Å². The summed E-state index contributed by atoms with van der Waals surface area (Å²) in [5.41, 5.74) is 3.85. The van der Waals surface area contributed by atoms with Crippen LogP contribution in [0.3, 0.4) is 0 Å². The molecule has 1 fully saturated rings. The van der Waals surface area contributed by atoms with Crippen LogP contribution in [-0.2, 0) is 22.5 Å². The van der Waals surface area contributed by atoms with Crippen LogP contribution < -0.4 is 10.6 Å². The Kier molecular flexibility index (Phi) is 5.61. The van der Waals surface area contributed by atoms with E-state index in [-0.39, 0.29) is 30.1 Å². The molecule has 0 bridgehead atoms. The van der Waals surface area contributed by atoms with E-state index < -0.39 is 0 Å². The van der Waals surface area contributed by atoms with Gasteiger partial charge in [-0.25, -0.2) is 4.79 Å². The van der Waals surface area contributed by atoms with E-state index in [1.54, 1.807) is 18.1 Å². The summed E-state index contributed by atoms with van der Waals surface area (Å²) in [5, 5.41) is 13.6. The molecule has 9 heteroatoms. The molecule has 2 atom stereocenters. The summed E-state index contributed by atoms with van der Waals surface area (Å²) in [7, 11) is 1.80. The average molecular weight is 412 g/mol. The zero-order valence-corrected chi connectivity index (χ0v) is 17.6. The summed E-state index contributed by atoms with van der Waals surface area (Å²) in [6.45, 7) is 4.38. The van der Waals surface area contributed by atoms with Gasteiger partial charge in [-0.05, 0) is 44.2 Å². The maximum atomic E-state index is 12.1. The first kappa shape index (κ1) is 20.2. The van der Waals surface area contributed by atoms with Crippen molar-refractivity contribution in [2.45, 2.75) is 64.1 Å². The van der Waals surface area contributed by atoms with Gasteiger partial charge in [0.05, 0.1) is 18.3 Å². The SMILES string of the molecule is CC(C)NC(=O)O[C@@H]1CC[C@H](c2cc(Nc3cncc4c3CC(=O)N(C)C4)n[nH]2)C1. The van der Waals surface area contributed by atoms with Crippen molar-refractivity contribution in [3.8, 4) is 0 Å². The number of carbonyl (C=O) groups is 2. The number of ether oxygens (including phenoxy) is 1. The van der Waals surface area contributed by atoms with Crippen LogP contribution >= 0.6 is 0 Å². The largest absolute Gasteiger partial charge is 0.446 e. The van der Waals surface area contributed by atoms with Gasteiger partial charge in [0.1, 0.15) is 6.10 Å². The van der Waals surface area contributed by atoms with E-state index in [2.05, 4.69) is 25.8 Å². The van der Waals surface area contributed by atoms with Crippen molar-refractivity contribution in [3.05, 3.63) is 35.3 Å². The van der Waals surface area contributed by atoms with Crippen molar-refractivity contribution in [1.82, 2.24) is 25.4 Å². The van der Waals surface area contributed by atoms with Gasteiger partial charge in [0.2, 0.25) is 5.91 Å². The zero-order valence-electron chi connectivity index (χ0n) is 17.6. The average Bonchev–Trinajstić information content (AvgIpc) is 3.32. The summed E-state index contributed by atoms with van der Waals surface area (Å²) in [4.78, 5) is 30.0. The van der Waals surface area contributed by atoms with Crippen LogP contribution in [-0.4, -0.2) is 51.3 Å². The number of fused-ring (bicyclic) bond motifs is 1. The number of hydrogen-bond acceptors (Lipinski definition) is 6. The normalized spacial score (nSPS) is 20.9. The van der Waals surface area contributed by atoms with Gasteiger partial charge in [-0.1, -0.05) is 0 Å². The molecule has 0 aromatic carbocycles. The number of aromatic nitrogens is 3. The minimum absolute atomic E-state index is 0.0601. The van der Waals surface area contributed by atoms with Crippen molar-refractivity contribution in [2.24, 2.45) is 0 Å². The number of nitrogens with zero attached hydrogens (tertiary/aromatic N) is 3. The smallest absolute Gasteiger partial charge is 0.407 e. The lowest BCUT2D eigenvalue weighted by Gasteiger charge is -2.26. The number of aromatic amines is 1. The lowest BCUT2D eigenvalue weighted by molar-refractivity contribution is -0.130. The summed E-state index contributed by atoms with van der Waals surface area (Å²) in [5.74, 6) is 1.05. The van der Waals surface area contributed by atoms with E-state index in [0.717, 1.165) is 41.8 Å². The highest BCUT2D eigenvalue weighted by atomic mass is 16.6. The first-order chi connectivity index (χ1) is 14.4. The predicted molar refractivity (Wildman–Crippen MR) is 111 cm³/mol. The highest BCUT2D eigenvalue weighted by Crippen LogP contribution is 2.36. The number of carbonyl (C=O) groups excluding carboxylic acids is 2. The molecule has 3 heterocycles. The van der Waals surface area contributed by atoms with Gasteiger partial charge >= 0.3 is 6.09 Å². The topological polar surface area (TPSA) is 112 Å². The number of amides is 2. The van der Waals surface area contributed by atoms with Crippen LogP contribution in [0.5, 0.6) is 0 Å². The standard InChI is InChI=1S/C21H28N6O3/c1-12(2)23-21(29)30-15-5-4-13(6-15)17-8-19(26-25-17)24-18-10-22-9-14-11-27(3)20(28)7-16(14)18/h8-10,12-13,15H,4-7,11H2,1-3H3,(H,23,29)(H2,24,25,26)/t13-,15+/m0/s1. The molecule has 9 nitrogen and oxygen atoms in total. The third-order valence-electron chi connectivity index (χ3n) is 5.67. The molecule has 1 aliphatic heterocycles. The van der Waals surface area contributed by atoms with Gasteiger partial charge in [-0.2, -0.15) is 5.10 Å². The monoisotopic (exact) mass is 412 g/mol. The number of nitrogens with one attached hydrogen (secondary N) is 3. The van der Waals surface area contributed by atoms with Crippen molar-refractivity contribution < 1.29 is 14.3 Å². The molecule has 0 saturated heterocycles. The van der Waals surface area contributed by atoms with Crippen molar-refractivity contribution in [1.29, 1.82) is 0 Å². The summed E-state index contributed by atoms with van der Waals surface area (Å²) < 4.78 is 5.51. The number of hydrogen-bond donors (Lipinski definition) is 3. The predicted octanol–water partition coefficient (Wildman–Crippen LogP) is 2.83. The van der Waals surface area contributed by atoms with E-state index in [1.165, 1.54) is 0 Å². The molecule has 1 aliphatic carbocycles. The third-order valence-corrected chi connectivity index (χ3v) is 5.67. The fourth-order valence-electron chi connectivity index (χ4n) is 4.11. The second-order valence-corrected chi connectivity index (χ2v) is 8.42. The van der Waals surface area contributed by atoms with Crippen LogP contribution in [0.2, 0.25) is 0 Å². The van der Waals surface area contributed by atoms with Gasteiger partial charge in [-0.15, -0.1) is 0 Å². The molecule has 2 aromatic rings. The molecule has 0 spiro atoms. The molecule has 4 rings (SSSR count). The minimum Gasteiger partial charge on any atom is -0.446 e. The molecule has 2 aromatic heterocycles. The second-order valence-electron chi connectivity index (χ2n) is 8.42. The number of alkyl carbamates (subject to hydrolysis) is 1. The van der Waals surface area contributed by atoms with Crippen LogP contribution in [0.15, 0.2) is 18.5 Å². The third kappa shape index (κ3) is 4.39. The van der Waals surface area contributed by atoms with E-state index in [4.69, 9.17) is 4.74 Å². The first-order valence-corrected chi connectivity index (χ1v) is 10.4. The maximum Gasteiger partial charge on any atom is 0.407 e. The Morgan fingerprint density at radius 1 is 1.33 bits per heavy atom. The number of likely N-dealkylation sites (N-methyl/N-ethyl adjacent to an activating group) is 1. The Hall–Kier alpha value is -3.10. The highest BCUT2D eigenvalue weighted by Gasteiger charge is 2.30. The lowest BCUT2D eigenvalue weighted by Crippen LogP contribution is -2.33. The minimum atomic E-state index is -0.357.